The molecule has 2 radical (unpaired) electrons. The first-order valence-corrected chi connectivity index (χ1v) is 8.64. The van der Waals surface area contributed by atoms with Crippen molar-refractivity contribution in [3.8, 4) is 0 Å². The van der Waals surface area contributed by atoms with Gasteiger partial charge < -0.3 is 40.0 Å². The van der Waals surface area contributed by atoms with Crippen molar-refractivity contribution in [2.45, 2.75) is 64.6 Å². The van der Waals surface area contributed by atoms with E-state index in [-0.39, 0.29) is 53.7 Å². The van der Waals surface area contributed by atoms with E-state index in [4.69, 9.17) is 19.7 Å². The molecule has 8 nitrogen and oxygen atoms in total. The van der Waals surface area contributed by atoms with Crippen molar-refractivity contribution in [1.82, 2.24) is 0 Å². The van der Waals surface area contributed by atoms with Gasteiger partial charge in [-0.3, -0.25) is 0 Å². The van der Waals surface area contributed by atoms with Gasteiger partial charge in [0.1, 0.15) is 0 Å². The van der Waals surface area contributed by atoms with E-state index in [2.05, 4.69) is 23.6 Å². The van der Waals surface area contributed by atoms with Crippen LogP contribution in [0.2, 0.25) is 0 Å². The fourth-order valence-corrected chi connectivity index (χ4v) is 1.56. The molecule has 0 aromatic heterocycles. The van der Waals surface area contributed by atoms with E-state index >= 15 is 0 Å². The SMILES string of the molecule is CCCCCOC[C@H](CO)O[O-].CCCCCOC[C@H](CO)O[O-].[Pb+2]. The first-order chi connectivity index (χ1) is 11.7. The Balaban J connectivity index is -0.000000372. The van der Waals surface area contributed by atoms with E-state index in [1.807, 2.05) is 0 Å². The second-order valence-electron chi connectivity index (χ2n) is 5.37. The van der Waals surface area contributed by atoms with E-state index in [0.717, 1.165) is 38.5 Å². The topological polar surface area (TPSA) is 124 Å². The predicted molar refractivity (Wildman–Crippen MR) is 90.4 cm³/mol. The van der Waals surface area contributed by atoms with Crippen molar-refractivity contribution in [1.29, 1.82) is 0 Å². The summed E-state index contributed by atoms with van der Waals surface area (Å²) in [6.07, 6.45) is 5.10. The standard InChI is InChI=1S/2C8H18O4.Pb/c2*1-2-3-4-5-11-7-8(6-9)12-10;/h2*8-10H,2-7H2,1H3;/q;;+2/p-2/t2*8-;/m00./s1. The number of hydrogen-bond acceptors (Lipinski definition) is 8. The van der Waals surface area contributed by atoms with Crippen LogP contribution in [-0.2, 0) is 19.2 Å². The summed E-state index contributed by atoms with van der Waals surface area (Å²) in [5.41, 5.74) is 0. The van der Waals surface area contributed by atoms with Gasteiger partial charge in [0.05, 0.1) is 38.6 Å². The average molecular weight is 562 g/mol. The summed E-state index contributed by atoms with van der Waals surface area (Å²) < 4.78 is 10.2. The van der Waals surface area contributed by atoms with Crippen LogP contribution in [-0.4, -0.2) is 89.4 Å². The molecule has 0 aliphatic carbocycles. The van der Waals surface area contributed by atoms with Crippen LogP contribution < -0.4 is 10.5 Å². The van der Waals surface area contributed by atoms with Gasteiger partial charge in [-0.15, -0.1) is 0 Å². The molecule has 2 N–H and O–H groups in total. The predicted octanol–water partition coefficient (Wildman–Crippen LogP) is -0.689. The number of aliphatic hydroxyl groups excluding tert-OH is 2. The Morgan fingerprint density at radius 1 is 0.720 bits per heavy atom. The second kappa shape index (κ2) is 26.8. The van der Waals surface area contributed by atoms with E-state index in [1.54, 1.807) is 0 Å². The summed E-state index contributed by atoms with van der Waals surface area (Å²) >= 11 is 0. The second-order valence-corrected chi connectivity index (χ2v) is 5.37. The van der Waals surface area contributed by atoms with Crippen molar-refractivity contribution in [3.05, 3.63) is 0 Å². The van der Waals surface area contributed by atoms with Crippen LogP contribution in [0.15, 0.2) is 0 Å². The molecule has 2 atom stereocenters. The molecular weight excluding hydrogens is 527 g/mol. The third-order valence-electron chi connectivity index (χ3n) is 3.07. The Hall–Kier alpha value is 0.602. The molecule has 0 aromatic carbocycles. The van der Waals surface area contributed by atoms with Crippen molar-refractivity contribution >= 4 is 27.3 Å². The van der Waals surface area contributed by atoms with E-state index in [0.29, 0.717) is 13.2 Å². The van der Waals surface area contributed by atoms with Crippen LogP contribution in [0.1, 0.15) is 52.4 Å². The van der Waals surface area contributed by atoms with E-state index < -0.39 is 12.2 Å². The fourth-order valence-electron chi connectivity index (χ4n) is 1.56. The number of ether oxygens (including phenoxy) is 2. The Morgan fingerprint density at radius 3 is 1.32 bits per heavy atom. The monoisotopic (exact) mass is 562 g/mol. The molecule has 0 saturated carbocycles. The molecule has 0 unspecified atom stereocenters. The average Bonchev–Trinajstić information content (AvgIpc) is 2.62. The quantitative estimate of drug-likeness (QED) is 0.110. The molecule has 25 heavy (non-hydrogen) atoms. The number of unbranched alkanes of at least 4 members (excludes halogenated alkanes) is 4. The summed E-state index contributed by atoms with van der Waals surface area (Å²) in [6, 6.07) is 0. The fraction of sp³-hybridized carbons (Fsp3) is 1.00. The van der Waals surface area contributed by atoms with E-state index in [1.165, 1.54) is 0 Å². The minimum absolute atomic E-state index is 0. The van der Waals surface area contributed by atoms with Crippen LogP contribution in [0, 0.1) is 0 Å². The summed E-state index contributed by atoms with van der Waals surface area (Å²) in [5.74, 6) is 0. The molecule has 0 aromatic rings. The summed E-state index contributed by atoms with van der Waals surface area (Å²) in [4.78, 5) is 7.36. The van der Waals surface area contributed by atoms with Gasteiger partial charge in [0, 0.05) is 13.2 Å². The normalized spacial score (nSPS) is 12.7. The minimum atomic E-state index is -0.716. The van der Waals surface area contributed by atoms with Gasteiger partial charge in [-0.2, -0.15) is 0 Å². The van der Waals surface area contributed by atoms with Gasteiger partial charge >= 0.3 is 27.3 Å². The van der Waals surface area contributed by atoms with Gasteiger partial charge in [-0.1, -0.05) is 39.5 Å². The molecule has 0 rings (SSSR count). The van der Waals surface area contributed by atoms with Crippen LogP contribution in [0.3, 0.4) is 0 Å². The third-order valence-corrected chi connectivity index (χ3v) is 3.07. The van der Waals surface area contributed by atoms with Gasteiger partial charge in [-0.25, -0.2) is 0 Å². The van der Waals surface area contributed by atoms with Gasteiger partial charge in [0.25, 0.3) is 0 Å². The number of hydrogen-bond donors (Lipinski definition) is 2. The molecule has 0 spiro atoms. The summed E-state index contributed by atoms with van der Waals surface area (Å²) in [5, 5.41) is 36.7. The van der Waals surface area contributed by atoms with Crippen LogP contribution in [0.25, 0.3) is 0 Å². The molecular formula is C16H34O8Pb. The molecule has 9 heteroatoms. The first-order valence-electron chi connectivity index (χ1n) is 8.64. The Labute approximate surface area is 171 Å². The van der Waals surface area contributed by atoms with Crippen molar-refractivity contribution < 1.29 is 40.0 Å². The Kier molecular flexibility index (Phi) is 32.6. The van der Waals surface area contributed by atoms with Gasteiger partial charge in [0.2, 0.25) is 0 Å². The number of aliphatic hydroxyl groups is 2. The molecule has 0 fully saturated rings. The minimum Gasteiger partial charge on any atom is -0.723 e. The zero-order valence-corrected chi connectivity index (χ0v) is 19.4. The number of rotatable bonds is 16. The van der Waals surface area contributed by atoms with Gasteiger partial charge in [-0.05, 0) is 12.8 Å². The Morgan fingerprint density at radius 2 is 1.08 bits per heavy atom. The summed E-state index contributed by atoms with van der Waals surface area (Å²) in [6.45, 7) is 5.29. The van der Waals surface area contributed by atoms with Crippen molar-refractivity contribution in [2.75, 3.05) is 39.6 Å². The van der Waals surface area contributed by atoms with Crippen LogP contribution in [0.4, 0.5) is 0 Å². The molecule has 0 bridgehead atoms. The summed E-state index contributed by atoms with van der Waals surface area (Å²) in [7, 11) is 0. The molecule has 150 valence electrons. The Bertz CT molecular complexity index is 194. The molecule has 0 aliphatic heterocycles. The first kappa shape index (κ1) is 30.3. The molecule has 0 aliphatic rings. The smallest absolute Gasteiger partial charge is 0.723 e. The van der Waals surface area contributed by atoms with Crippen LogP contribution >= 0.6 is 0 Å². The maximum atomic E-state index is 9.84. The molecule has 0 heterocycles. The largest absolute Gasteiger partial charge is 2.00 e. The third kappa shape index (κ3) is 24.6. The maximum absolute atomic E-state index is 9.84. The zero-order valence-electron chi connectivity index (χ0n) is 15.5. The molecule has 0 amide bonds. The van der Waals surface area contributed by atoms with Crippen LogP contribution in [0.5, 0.6) is 0 Å². The van der Waals surface area contributed by atoms with E-state index in [9.17, 15) is 10.5 Å². The van der Waals surface area contributed by atoms with Crippen molar-refractivity contribution in [2.24, 2.45) is 0 Å². The zero-order chi connectivity index (χ0) is 18.5. The maximum Gasteiger partial charge on any atom is 2.00 e. The van der Waals surface area contributed by atoms with Crippen molar-refractivity contribution in [3.63, 3.8) is 0 Å². The van der Waals surface area contributed by atoms with Gasteiger partial charge in [0.15, 0.2) is 0 Å². The molecule has 0 saturated heterocycles.